The van der Waals surface area contributed by atoms with Crippen molar-refractivity contribution in [3.63, 3.8) is 0 Å². The Morgan fingerprint density at radius 2 is 1.84 bits per heavy atom. The van der Waals surface area contributed by atoms with E-state index >= 15 is 0 Å². The molecule has 0 saturated heterocycles. The lowest BCUT2D eigenvalue weighted by Gasteiger charge is -2.21. The van der Waals surface area contributed by atoms with Crippen LogP contribution in [0.2, 0.25) is 5.02 Å². The minimum Gasteiger partial charge on any atom is -0.373 e. The van der Waals surface area contributed by atoms with Gasteiger partial charge in [-0.3, -0.25) is 4.98 Å². The maximum absolute atomic E-state index is 6.16. The minimum absolute atomic E-state index is 0.0733. The number of nitrogens with zero attached hydrogens (tertiary/aromatic N) is 1. The summed E-state index contributed by atoms with van der Waals surface area (Å²) in [7, 11) is 0. The Kier molecular flexibility index (Phi) is 4.16. The molecule has 1 atom stereocenters. The van der Waals surface area contributed by atoms with Crippen LogP contribution >= 0.6 is 11.6 Å². The van der Waals surface area contributed by atoms with Crippen LogP contribution in [0.3, 0.4) is 0 Å². The lowest BCUT2D eigenvalue weighted by Crippen LogP contribution is -2.14. The molecule has 25 heavy (non-hydrogen) atoms. The van der Waals surface area contributed by atoms with Gasteiger partial charge in [-0.25, -0.2) is 0 Å². The Labute approximate surface area is 151 Å². The Bertz CT molecular complexity index is 1010. The second-order valence-corrected chi connectivity index (χ2v) is 6.49. The van der Waals surface area contributed by atoms with Crippen LogP contribution in [0, 0.1) is 6.92 Å². The summed E-state index contributed by atoms with van der Waals surface area (Å²) in [5, 5.41) is 5.51. The van der Waals surface area contributed by atoms with Crippen molar-refractivity contribution in [3.8, 4) is 0 Å². The highest BCUT2D eigenvalue weighted by molar-refractivity contribution is 6.30. The molecule has 0 saturated carbocycles. The number of anilines is 1. The molecule has 4 rings (SSSR count). The number of pyridine rings is 1. The van der Waals surface area contributed by atoms with Crippen molar-refractivity contribution in [2.24, 2.45) is 0 Å². The third kappa shape index (κ3) is 3.11. The van der Waals surface area contributed by atoms with Gasteiger partial charge in [0.2, 0.25) is 0 Å². The zero-order valence-corrected chi connectivity index (χ0v) is 14.6. The standard InChI is InChI=1S/C21H18ClN3/c1-14-20(17-9-2-3-10-18(17)24-14)21(19-11-4-5-12-23-19)25-16-8-6-7-15(22)13-16/h2-13,21,24-25H,1H3/t21-/m1/s1. The fourth-order valence-electron chi connectivity index (χ4n) is 3.26. The summed E-state index contributed by atoms with van der Waals surface area (Å²) in [4.78, 5) is 8.07. The number of nitrogens with one attached hydrogen (secondary N) is 2. The van der Waals surface area contributed by atoms with Crippen molar-refractivity contribution in [2.75, 3.05) is 5.32 Å². The maximum Gasteiger partial charge on any atom is 0.0963 e. The van der Waals surface area contributed by atoms with Crippen LogP contribution in [0.5, 0.6) is 0 Å². The van der Waals surface area contributed by atoms with E-state index < -0.39 is 0 Å². The molecule has 2 heterocycles. The van der Waals surface area contributed by atoms with E-state index in [4.69, 9.17) is 11.6 Å². The van der Waals surface area contributed by atoms with Crippen molar-refractivity contribution in [3.05, 3.63) is 94.9 Å². The summed E-state index contributed by atoms with van der Waals surface area (Å²) >= 11 is 6.16. The minimum atomic E-state index is -0.0733. The fraction of sp³-hybridized carbons (Fsp3) is 0.0952. The van der Waals surface area contributed by atoms with Crippen LogP contribution in [0.1, 0.15) is 23.0 Å². The molecular formula is C21H18ClN3. The van der Waals surface area contributed by atoms with E-state index in [1.54, 1.807) is 0 Å². The van der Waals surface area contributed by atoms with Crippen LogP contribution in [0.15, 0.2) is 72.9 Å². The largest absolute Gasteiger partial charge is 0.373 e. The Morgan fingerprint density at radius 1 is 1.00 bits per heavy atom. The van der Waals surface area contributed by atoms with Gasteiger partial charge in [0.05, 0.1) is 11.7 Å². The molecule has 2 aromatic heterocycles. The normalized spacial score (nSPS) is 12.2. The zero-order valence-electron chi connectivity index (χ0n) is 13.8. The van der Waals surface area contributed by atoms with Gasteiger partial charge in [0.15, 0.2) is 0 Å². The van der Waals surface area contributed by atoms with E-state index in [1.165, 1.54) is 10.9 Å². The van der Waals surface area contributed by atoms with Crippen molar-refractivity contribution in [1.82, 2.24) is 9.97 Å². The molecule has 0 aliphatic rings. The van der Waals surface area contributed by atoms with E-state index in [1.807, 2.05) is 54.7 Å². The third-order valence-corrected chi connectivity index (χ3v) is 4.59. The second-order valence-electron chi connectivity index (χ2n) is 6.05. The van der Waals surface area contributed by atoms with Crippen LogP contribution in [-0.4, -0.2) is 9.97 Å². The quantitative estimate of drug-likeness (QED) is 0.495. The van der Waals surface area contributed by atoms with Crippen molar-refractivity contribution < 1.29 is 0 Å². The first-order valence-electron chi connectivity index (χ1n) is 8.22. The van der Waals surface area contributed by atoms with Crippen molar-refractivity contribution in [2.45, 2.75) is 13.0 Å². The number of halogens is 1. The highest BCUT2D eigenvalue weighted by Crippen LogP contribution is 2.34. The predicted octanol–water partition coefficient (Wildman–Crippen LogP) is 5.73. The molecular weight excluding hydrogens is 330 g/mol. The molecule has 0 unspecified atom stereocenters. The van der Waals surface area contributed by atoms with Crippen LogP contribution in [-0.2, 0) is 0 Å². The smallest absolute Gasteiger partial charge is 0.0963 e. The Hall–Kier alpha value is -2.78. The number of rotatable bonds is 4. The van der Waals surface area contributed by atoms with Gasteiger partial charge in [-0.05, 0) is 43.3 Å². The van der Waals surface area contributed by atoms with Crippen LogP contribution in [0.4, 0.5) is 5.69 Å². The van der Waals surface area contributed by atoms with Gasteiger partial charge in [-0.2, -0.15) is 0 Å². The number of para-hydroxylation sites is 1. The molecule has 0 radical (unpaired) electrons. The first kappa shape index (κ1) is 15.7. The lowest BCUT2D eigenvalue weighted by atomic mass is 9.99. The summed E-state index contributed by atoms with van der Waals surface area (Å²) in [6.45, 7) is 2.10. The van der Waals surface area contributed by atoms with Gasteiger partial charge in [0.25, 0.3) is 0 Å². The number of benzene rings is 2. The van der Waals surface area contributed by atoms with E-state index in [0.29, 0.717) is 5.02 Å². The number of aromatic amines is 1. The zero-order chi connectivity index (χ0) is 17.2. The summed E-state index contributed by atoms with van der Waals surface area (Å²) in [5.41, 5.74) is 5.40. The molecule has 3 nitrogen and oxygen atoms in total. The Morgan fingerprint density at radius 3 is 2.64 bits per heavy atom. The first-order chi connectivity index (χ1) is 12.2. The first-order valence-corrected chi connectivity index (χ1v) is 8.60. The van der Waals surface area contributed by atoms with Gasteiger partial charge in [0, 0.05) is 39.1 Å². The topological polar surface area (TPSA) is 40.7 Å². The van der Waals surface area contributed by atoms with Gasteiger partial charge >= 0.3 is 0 Å². The van der Waals surface area contributed by atoms with Gasteiger partial charge in [-0.1, -0.05) is 41.9 Å². The summed E-state index contributed by atoms with van der Waals surface area (Å²) in [6, 6.07) is 22.0. The second kappa shape index (κ2) is 6.61. The molecule has 4 heteroatoms. The molecule has 0 spiro atoms. The van der Waals surface area contributed by atoms with E-state index in [9.17, 15) is 0 Å². The van der Waals surface area contributed by atoms with Crippen LogP contribution < -0.4 is 5.32 Å². The molecule has 4 aromatic rings. The van der Waals surface area contributed by atoms with Crippen LogP contribution in [0.25, 0.3) is 10.9 Å². The average Bonchev–Trinajstić information content (AvgIpc) is 2.96. The predicted molar refractivity (Wildman–Crippen MR) is 104 cm³/mol. The van der Waals surface area contributed by atoms with E-state index in [0.717, 1.165) is 22.6 Å². The molecule has 0 aliphatic heterocycles. The monoisotopic (exact) mass is 347 g/mol. The van der Waals surface area contributed by atoms with E-state index in [-0.39, 0.29) is 6.04 Å². The number of aromatic nitrogens is 2. The number of H-pyrrole nitrogens is 1. The molecule has 0 fully saturated rings. The highest BCUT2D eigenvalue weighted by atomic mass is 35.5. The summed E-state index contributed by atoms with van der Waals surface area (Å²) in [6.07, 6.45) is 1.83. The number of hydrogen-bond acceptors (Lipinski definition) is 2. The Balaban J connectivity index is 1.87. The molecule has 0 amide bonds. The van der Waals surface area contributed by atoms with Gasteiger partial charge in [-0.15, -0.1) is 0 Å². The van der Waals surface area contributed by atoms with Gasteiger partial charge < -0.3 is 10.3 Å². The molecule has 0 bridgehead atoms. The molecule has 124 valence electrons. The molecule has 2 N–H and O–H groups in total. The molecule has 0 aliphatic carbocycles. The lowest BCUT2D eigenvalue weighted by molar-refractivity contribution is 0.884. The maximum atomic E-state index is 6.16. The van der Waals surface area contributed by atoms with Crippen molar-refractivity contribution in [1.29, 1.82) is 0 Å². The van der Waals surface area contributed by atoms with Crippen molar-refractivity contribution >= 4 is 28.2 Å². The highest BCUT2D eigenvalue weighted by Gasteiger charge is 2.21. The SMILES string of the molecule is Cc1[nH]c2ccccc2c1[C@H](Nc1cccc(Cl)c1)c1ccccn1. The summed E-state index contributed by atoms with van der Waals surface area (Å²) in [5.74, 6) is 0. The number of aryl methyl sites for hydroxylation is 1. The van der Waals surface area contributed by atoms with Gasteiger partial charge in [0.1, 0.15) is 0 Å². The molecule has 2 aromatic carbocycles. The third-order valence-electron chi connectivity index (χ3n) is 4.35. The number of fused-ring (bicyclic) bond motifs is 1. The fourth-order valence-corrected chi connectivity index (χ4v) is 3.45. The van der Waals surface area contributed by atoms with E-state index in [2.05, 4.69) is 40.4 Å². The average molecular weight is 348 g/mol. The number of hydrogen-bond donors (Lipinski definition) is 2. The summed E-state index contributed by atoms with van der Waals surface area (Å²) < 4.78 is 0.